The van der Waals surface area contributed by atoms with E-state index in [1.807, 2.05) is 32.0 Å². The molecule has 34 heavy (non-hydrogen) atoms. The van der Waals surface area contributed by atoms with Gasteiger partial charge in [-0.3, -0.25) is 9.59 Å². The number of carbonyl (C=O) groups excluding carboxylic acids is 3. The number of esters is 1. The van der Waals surface area contributed by atoms with Crippen LogP contribution in [0.1, 0.15) is 37.4 Å². The van der Waals surface area contributed by atoms with Crippen LogP contribution in [0.2, 0.25) is 5.02 Å². The van der Waals surface area contributed by atoms with Gasteiger partial charge in [-0.15, -0.1) is 0 Å². The van der Waals surface area contributed by atoms with E-state index in [0.717, 1.165) is 5.56 Å². The van der Waals surface area contributed by atoms with E-state index < -0.39 is 30.6 Å². The van der Waals surface area contributed by atoms with Crippen LogP contribution in [-0.2, 0) is 20.7 Å². The number of amides is 3. The van der Waals surface area contributed by atoms with Gasteiger partial charge in [-0.1, -0.05) is 29.8 Å². The van der Waals surface area contributed by atoms with Crippen molar-refractivity contribution in [2.75, 3.05) is 26.4 Å². The van der Waals surface area contributed by atoms with Crippen molar-refractivity contribution >= 4 is 29.5 Å². The van der Waals surface area contributed by atoms with Crippen LogP contribution in [0.5, 0.6) is 11.5 Å². The molecule has 1 atom stereocenters. The number of urea groups is 1. The van der Waals surface area contributed by atoms with Crippen LogP contribution in [0, 0.1) is 0 Å². The Morgan fingerprint density at radius 3 is 2.32 bits per heavy atom. The van der Waals surface area contributed by atoms with E-state index in [2.05, 4.69) is 10.6 Å². The highest BCUT2D eigenvalue weighted by Gasteiger charge is 2.19. The first-order valence-electron chi connectivity index (χ1n) is 10.9. The molecular weight excluding hydrogens is 462 g/mol. The molecule has 4 N–H and O–H groups in total. The van der Waals surface area contributed by atoms with Crippen LogP contribution < -0.4 is 25.8 Å². The van der Waals surface area contributed by atoms with E-state index in [0.29, 0.717) is 48.3 Å². The van der Waals surface area contributed by atoms with Gasteiger partial charge in [-0.05, 0) is 55.7 Å². The number of rotatable bonds is 13. The number of ether oxygens (including phenoxy) is 3. The Bertz CT molecular complexity index is 968. The zero-order valence-corrected chi connectivity index (χ0v) is 20.0. The van der Waals surface area contributed by atoms with Crippen LogP contribution in [0.15, 0.2) is 42.5 Å². The van der Waals surface area contributed by atoms with E-state index in [1.165, 1.54) is 0 Å². The minimum Gasteiger partial charge on any atom is -0.490 e. The van der Waals surface area contributed by atoms with E-state index in [4.69, 9.17) is 31.5 Å². The monoisotopic (exact) mass is 491 g/mol. The third kappa shape index (κ3) is 9.19. The zero-order valence-electron chi connectivity index (χ0n) is 19.3. The van der Waals surface area contributed by atoms with E-state index in [1.54, 1.807) is 24.3 Å². The summed E-state index contributed by atoms with van der Waals surface area (Å²) in [6.07, 6.45) is 0.373. The fraction of sp³-hybridized carbons (Fsp3) is 0.375. The number of primary amides is 1. The topological polar surface area (TPSA) is 129 Å². The number of hydrogen-bond acceptors (Lipinski definition) is 6. The summed E-state index contributed by atoms with van der Waals surface area (Å²) in [6.45, 7) is 4.76. The molecule has 0 saturated heterocycles. The molecule has 0 spiro atoms. The smallest absolute Gasteiger partial charge is 0.312 e. The van der Waals surface area contributed by atoms with Crippen molar-refractivity contribution in [3.05, 3.63) is 58.6 Å². The van der Waals surface area contributed by atoms with Gasteiger partial charge in [-0.25, -0.2) is 4.79 Å². The molecule has 184 valence electrons. The van der Waals surface area contributed by atoms with Gasteiger partial charge in [0, 0.05) is 11.6 Å². The molecule has 0 saturated carbocycles. The molecule has 0 radical (unpaired) electrons. The van der Waals surface area contributed by atoms with Crippen molar-refractivity contribution in [2.24, 2.45) is 5.73 Å². The largest absolute Gasteiger partial charge is 0.490 e. The van der Waals surface area contributed by atoms with Crippen LogP contribution in [-0.4, -0.2) is 44.3 Å². The summed E-state index contributed by atoms with van der Waals surface area (Å²) in [6, 6.07) is 10.7. The van der Waals surface area contributed by atoms with Crippen molar-refractivity contribution in [1.82, 2.24) is 10.6 Å². The lowest BCUT2D eigenvalue weighted by molar-refractivity contribution is -0.149. The summed E-state index contributed by atoms with van der Waals surface area (Å²) in [4.78, 5) is 35.6. The first kappa shape index (κ1) is 26.8. The predicted octanol–water partition coefficient (Wildman–Crippen LogP) is 3.14. The summed E-state index contributed by atoms with van der Waals surface area (Å²) >= 11 is 5.87. The van der Waals surface area contributed by atoms with E-state index in [9.17, 15) is 14.4 Å². The maximum atomic E-state index is 12.2. The fourth-order valence-corrected chi connectivity index (χ4v) is 3.26. The molecular formula is C24H30ClN3O6. The molecule has 0 aliphatic heterocycles. The number of nitrogens with one attached hydrogen (secondary N) is 2. The summed E-state index contributed by atoms with van der Waals surface area (Å²) in [5.41, 5.74) is 6.80. The van der Waals surface area contributed by atoms with Crippen molar-refractivity contribution in [3.63, 3.8) is 0 Å². The minimum atomic E-state index is -0.785. The highest BCUT2D eigenvalue weighted by atomic mass is 35.5. The second kappa shape index (κ2) is 13.9. The molecule has 0 aromatic heterocycles. The van der Waals surface area contributed by atoms with E-state index in [-0.39, 0.29) is 6.42 Å². The SMILES string of the molecule is CCOc1ccc(CCNC(=O)COC(=O)CC(NC(N)=O)c2ccc(Cl)cc2)cc1OCC. The average molecular weight is 492 g/mol. The minimum absolute atomic E-state index is 0.190. The Balaban J connectivity index is 1.80. The standard InChI is InChI=1S/C24H30ClN3O6/c1-3-32-20-10-5-16(13-21(20)33-4-2)11-12-27-22(29)15-34-23(30)14-19(28-24(26)31)17-6-8-18(25)9-7-17/h5-10,13,19H,3-4,11-12,14-15H2,1-2H3,(H,27,29)(H3,26,28,31). The maximum absolute atomic E-state index is 12.2. The van der Waals surface area contributed by atoms with Gasteiger partial charge >= 0.3 is 12.0 Å². The lowest BCUT2D eigenvalue weighted by Crippen LogP contribution is -2.35. The highest BCUT2D eigenvalue weighted by Crippen LogP contribution is 2.28. The fourth-order valence-electron chi connectivity index (χ4n) is 3.14. The van der Waals surface area contributed by atoms with Gasteiger partial charge in [0.15, 0.2) is 18.1 Å². The Hall–Kier alpha value is -3.46. The number of carbonyl (C=O) groups is 3. The summed E-state index contributed by atoms with van der Waals surface area (Å²) in [5.74, 6) is 0.237. The lowest BCUT2D eigenvalue weighted by atomic mass is 10.0. The second-order valence-corrected chi connectivity index (χ2v) is 7.66. The van der Waals surface area contributed by atoms with Gasteiger partial charge < -0.3 is 30.6 Å². The summed E-state index contributed by atoms with van der Waals surface area (Å²) < 4.78 is 16.2. The van der Waals surface area contributed by atoms with Crippen LogP contribution in [0.4, 0.5) is 4.79 Å². The molecule has 0 aliphatic carbocycles. The molecule has 0 heterocycles. The molecule has 10 heteroatoms. The molecule has 0 fully saturated rings. The Morgan fingerprint density at radius 2 is 1.68 bits per heavy atom. The van der Waals surface area contributed by atoms with Gasteiger partial charge in [-0.2, -0.15) is 0 Å². The zero-order chi connectivity index (χ0) is 24.9. The third-order valence-electron chi connectivity index (χ3n) is 4.67. The van der Waals surface area contributed by atoms with Crippen molar-refractivity contribution in [1.29, 1.82) is 0 Å². The molecule has 2 rings (SSSR count). The lowest BCUT2D eigenvalue weighted by Gasteiger charge is -2.17. The molecule has 1 unspecified atom stereocenters. The highest BCUT2D eigenvalue weighted by molar-refractivity contribution is 6.30. The predicted molar refractivity (Wildman–Crippen MR) is 128 cm³/mol. The van der Waals surface area contributed by atoms with Crippen molar-refractivity contribution in [2.45, 2.75) is 32.7 Å². The van der Waals surface area contributed by atoms with Crippen LogP contribution in [0.25, 0.3) is 0 Å². The normalized spacial score (nSPS) is 11.3. The van der Waals surface area contributed by atoms with Crippen LogP contribution >= 0.6 is 11.6 Å². The van der Waals surface area contributed by atoms with E-state index >= 15 is 0 Å². The first-order chi connectivity index (χ1) is 16.3. The number of benzene rings is 2. The molecule has 2 aromatic carbocycles. The average Bonchev–Trinajstić information content (AvgIpc) is 2.79. The first-order valence-corrected chi connectivity index (χ1v) is 11.3. The number of halogens is 1. The molecule has 9 nitrogen and oxygen atoms in total. The Kier molecular flexibility index (Phi) is 11.0. The molecule has 3 amide bonds. The van der Waals surface area contributed by atoms with Gasteiger partial charge in [0.25, 0.3) is 5.91 Å². The number of nitrogens with two attached hydrogens (primary N) is 1. The van der Waals surface area contributed by atoms with Crippen LogP contribution in [0.3, 0.4) is 0 Å². The molecule has 0 aliphatic rings. The second-order valence-electron chi connectivity index (χ2n) is 7.22. The van der Waals surface area contributed by atoms with Gasteiger partial charge in [0.1, 0.15) is 0 Å². The van der Waals surface area contributed by atoms with Gasteiger partial charge in [0.2, 0.25) is 0 Å². The Morgan fingerprint density at radius 1 is 1.00 bits per heavy atom. The summed E-state index contributed by atoms with van der Waals surface area (Å²) in [7, 11) is 0. The quantitative estimate of drug-likeness (QED) is 0.369. The molecule has 2 aromatic rings. The van der Waals surface area contributed by atoms with Gasteiger partial charge in [0.05, 0.1) is 25.7 Å². The van der Waals surface area contributed by atoms with Crippen molar-refractivity contribution < 1.29 is 28.6 Å². The molecule has 0 bridgehead atoms. The third-order valence-corrected chi connectivity index (χ3v) is 4.92. The Labute approximate surface area is 203 Å². The van der Waals surface area contributed by atoms with Crippen molar-refractivity contribution in [3.8, 4) is 11.5 Å². The number of hydrogen-bond donors (Lipinski definition) is 3. The summed E-state index contributed by atoms with van der Waals surface area (Å²) in [5, 5.41) is 5.71. The maximum Gasteiger partial charge on any atom is 0.312 e.